The predicted octanol–water partition coefficient (Wildman–Crippen LogP) is 2.73. The summed E-state index contributed by atoms with van der Waals surface area (Å²) >= 11 is 0. The summed E-state index contributed by atoms with van der Waals surface area (Å²) in [7, 11) is 0. The fourth-order valence-corrected chi connectivity index (χ4v) is 4.16. The zero-order chi connectivity index (χ0) is 20.3. The standard InChI is InChI=1S/C22H26N6O/c23-20-26-21(24)28(22(27-20)12-5-2-6-13-22)18-11-7-10-17(14-18)19(29)25-15-16-8-3-1-4-9-16/h1,3-4,7-11,14H,2,5-6,12-13,15H2,(H,25,29)(H4,23,24,26,27). The predicted molar refractivity (Wildman–Crippen MR) is 116 cm³/mol. The number of aliphatic imine (C=N–C) groups is 2. The Morgan fingerprint density at radius 3 is 2.55 bits per heavy atom. The number of carbonyl (C=O) groups is 1. The van der Waals surface area contributed by atoms with Crippen LogP contribution >= 0.6 is 0 Å². The van der Waals surface area contributed by atoms with E-state index in [1.807, 2.05) is 53.4 Å². The molecule has 0 radical (unpaired) electrons. The van der Waals surface area contributed by atoms with Crippen LogP contribution < -0.4 is 21.7 Å². The van der Waals surface area contributed by atoms with Crippen LogP contribution in [0.2, 0.25) is 0 Å². The van der Waals surface area contributed by atoms with E-state index in [2.05, 4.69) is 15.3 Å². The number of rotatable bonds is 4. The minimum absolute atomic E-state index is 0.135. The molecule has 0 saturated heterocycles. The van der Waals surface area contributed by atoms with Gasteiger partial charge in [0, 0.05) is 17.8 Å². The highest BCUT2D eigenvalue weighted by Gasteiger charge is 2.42. The van der Waals surface area contributed by atoms with Gasteiger partial charge >= 0.3 is 0 Å². The molecule has 29 heavy (non-hydrogen) atoms. The molecule has 0 bridgehead atoms. The van der Waals surface area contributed by atoms with E-state index in [9.17, 15) is 4.79 Å². The van der Waals surface area contributed by atoms with E-state index >= 15 is 0 Å². The quantitative estimate of drug-likeness (QED) is 0.746. The summed E-state index contributed by atoms with van der Waals surface area (Å²) < 4.78 is 0. The fourth-order valence-electron chi connectivity index (χ4n) is 4.16. The lowest BCUT2D eigenvalue weighted by molar-refractivity contribution is 0.0951. The van der Waals surface area contributed by atoms with Crippen molar-refractivity contribution in [2.45, 2.75) is 44.3 Å². The number of guanidine groups is 2. The van der Waals surface area contributed by atoms with Gasteiger partial charge in [-0.25, -0.2) is 4.99 Å². The van der Waals surface area contributed by atoms with Gasteiger partial charge in [-0.2, -0.15) is 4.99 Å². The van der Waals surface area contributed by atoms with Gasteiger partial charge in [0.2, 0.25) is 11.9 Å². The Morgan fingerprint density at radius 1 is 1.03 bits per heavy atom. The van der Waals surface area contributed by atoms with E-state index in [1.165, 1.54) is 6.42 Å². The molecule has 1 aliphatic carbocycles. The van der Waals surface area contributed by atoms with Crippen LogP contribution in [0.25, 0.3) is 0 Å². The highest BCUT2D eigenvalue weighted by Crippen LogP contribution is 2.39. The van der Waals surface area contributed by atoms with E-state index in [4.69, 9.17) is 11.5 Å². The number of nitrogens with one attached hydrogen (secondary N) is 1. The molecule has 1 spiro atoms. The molecule has 7 nitrogen and oxygen atoms in total. The molecule has 2 aliphatic rings. The van der Waals surface area contributed by atoms with Crippen molar-refractivity contribution in [3.05, 3.63) is 65.7 Å². The molecule has 1 saturated carbocycles. The lowest BCUT2D eigenvalue weighted by Crippen LogP contribution is -2.58. The zero-order valence-corrected chi connectivity index (χ0v) is 16.3. The molecular weight excluding hydrogens is 364 g/mol. The first-order chi connectivity index (χ1) is 14.1. The van der Waals surface area contributed by atoms with Crippen LogP contribution in [0.15, 0.2) is 64.6 Å². The minimum atomic E-state index is -0.521. The third-order valence-electron chi connectivity index (χ3n) is 5.51. The van der Waals surface area contributed by atoms with Crippen molar-refractivity contribution < 1.29 is 4.79 Å². The first-order valence-corrected chi connectivity index (χ1v) is 9.99. The second-order valence-corrected chi connectivity index (χ2v) is 7.54. The third kappa shape index (κ3) is 3.94. The molecule has 0 aromatic heterocycles. The Hall–Kier alpha value is -3.35. The van der Waals surface area contributed by atoms with Crippen LogP contribution in [0, 0.1) is 0 Å². The summed E-state index contributed by atoms with van der Waals surface area (Å²) in [6.45, 7) is 0.474. The van der Waals surface area contributed by atoms with Crippen LogP contribution in [-0.4, -0.2) is 23.5 Å². The number of hydrogen-bond donors (Lipinski definition) is 3. The monoisotopic (exact) mass is 390 g/mol. The normalized spacial score (nSPS) is 18.1. The highest BCUT2D eigenvalue weighted by atomic mass is 16.1. The first kappa shape index (κ1) is 19.0. The largest absolute Gasteiger partial charge is 0.369 e. The summed E-state index contributed by atoms with van der Waals surface area (Å²) in [6, 6.07) is 17.3. The Morgan fingerprint density at radius 2 is 1.79 bits per heavy atom. The molecule has 0 unspecified atom stereocenters. The van der Waals surface area contributed by atoms with Crippen molar-refractivity contribution in [3.63, 3.8) is 0 Å². The Kier molecular flexibility index (Phi) is 5.20. The van der Waals surface area contributed by atoms with Crippen molar-refractivity contribution in [1.29, 1.82) is 0 Å². The number of nitrogens with two attached hydrogens (primary N) is 2. The van der Waals surface area contributed by atoms with Crippen molar-refractivity contribution in [3.8, 4) is 0 Å². The second kappa shape index (κ2) is 7.95. The topological polar surface area (TPSA) is 109 Å². The summed E-state index contributed by atoms with van der Waals surface area (Å²) in [5, 5.41) is 2.97. The molecule has 1 aliphatic heterocycles. The van der Waals surface area contributed by atoms with Crippen LogP contribution in [0.5, 0.6) is 0 Å². The second-order valence-electron chi connectivity index (χ2n) is 7.54. The van der Waals surface area contributed by atoms with Gasteiger partial charge in [-0.05, 0) is 49.4 Å². The van der Waals surface area contributed by atoms with Crippen molar-refractivity contribution >= 4 is 23.5 Å². The SMILES string of the molecule is NC1=NC2(CCCCC2)N(c2cccc(C(=O)NCc3ccccc3)c2)C(N)=N1. The Labute approximate surface area is 170 Å². The maximum Gasteiger partial charge on any atom is 0.251 e. The van der Waals surface area contributed by atoms with Crippen molar-refractivity contribution in [1.82, 2.24) is 5.32 Å². The minimum Gasteiger partial charge on any atom is -0.369 e. The highest BCUT2D eigenvalue weighted by molar-refractivity contribution is 6.06. The summed E-state index contributed by atoms with van der Waals surface area (Å²) in [5.41, 5.74) is 14.1. The van der Waals surface area contributed by atoms with Crippen molar-refractivity contribution in [2.75, 3.05) is 4.90 Å². The van der Waals surface area contributed by atoms with Gasteiger partial charge in [-0.15, -0.1) is 0 Å². The molecule has 2 aromatic carbocycles. The fraction of sp³-hybridized carbons (Fsp3) is 0.318. The number of benzene rings is 2. The first-order valence-electron chi connectivity index (χ1n) is 9.99. The van der Waals surface area contributed by atoms with E-state index in [1.54, 1.807) is 6.07 Å². The molecule has 1 heterocycles. The molecule has 0 atom stereocenters. The van der Waals surface area contributed by atoms with Crippen LogP contribution in [0.1, 0.15) is 48.0 Å². The number of hydrogen-bond acceptors (Lipinski definition) is 6. The van der Waals surface area contributed by atoms with Gasteiger partial charge in [0.05, 0.1) is 0 Å². The molecule has 4 rings (SSSR count). The van der Waals surface area contributed by atoms with Gasteiger partial charge in [-0.1, -0.05) is 42.8 Å². The van der Waals surface area contributed by atoms with Crippen LogP contribution in [0.3, 0.4) is 0 Å². The lowest BCUT2D eigenvalue weighted by Gasteiger charge is -2.45. The van der Waals surface area contributed by atoms with Crippen molar-refractivity contribution in [2.24, 2.45) is 21.5 Å². The summed E-state index contributed by atoms with van der Waals surface area (Å²) in [4.78, 5) is 23.5. The van der Waals surface area contributed by atoms with Crippen LogP contribution in [-0.2, 0) is 6.54 Å². The Bertz CT molecular complexity index is 947. The van der Waals surface area contributed by atoms with Gasteiger partial charge < -0.3 is 16.8 Å². The third-order valence-corrected chi connectivity index (χ3v) is 5.51. The maximum absolute atomic E-state index is 12.7. The van der Waals surface area contributed by atoms with Gasteiger partial charge in [0.1, 0.15) is 5.66 Å². The van der Waals surface area contributed by atoms with Crippen LogP contribution in [0.4, 0.5) is 5.69 Å². The molecular formula is C22H26N6O. The maximum atomic E-state index is 12.7. The molecule has 7 heteroatoms. The molecule has 2 aromatic rings. The van der Waals surface area contributed by atoms with E-state index in [0.29, 0.717) is 18.1 Å². The van der Waals surface area contributed by atoms with E-state index in [0.717, 1.165) is 36.9 Å². The van der Waals surface area contributed by atoms with Gasteiger partial charge in [0.15, 0.2) is 0 Å². The summed E-state index contributed by atoms with van der Waals surface area (Å²) in [6.07, 6.45) is 4.99. The van der Waals surface area contributed by atoms with E-state index in [-0.39, 0.29) is 11.9 Å². The summed E-state index contributed by atoms with van der Waals surface area (Å²) in [5.74, 6) is 0.405. The molecule has 1 fully saturated rings. The lowest BCUT2D eigenvalue weighted by atomic mass is 9.87. The molecule has 5 N–H and O–H groups in total. The number of nitrogens with zero attached hydrogens (tertiary/aromatic N) is 3. The smallest absolute Gasteiger partial charge is 0.251 e. The molecule has 1 amide bonds. The van der Waals surface area contributed by atoms with Gasteiger partial charge in [0.25, 0.3) is 5.91 Å². The zero-order valence-electron chi connectivity index (χ0n) is 16.3. The van der Waals surface area contributed by atoms with Gasteiger partial charge in [-0.3, -0.25) is 9.69 Å². The van der Waals surface area contributed by atoms with E-state index < -0.39 is 5.66 Å². The average Bonchev–Trinajstić information content (AvgIpc) is 2.73. The number of amides is 1. The Balaban J connectivity index is 1.58. The average molecular weight is 390 g/mol. The number of carbonyl (C=O) groups excluding carboxylic acids is 1. The number of anilines is 1. The molecule has 150 valence electrons.